The molecule has 0 bridgehead atoms. The highest BCUT2D eigenvalue weighted by Crippen LogP contribution is 2.32. The summed E-state index contributed by atoms with van der Waals surface area (Å²) < 4.78 is 51.4. The first-order valence-electron chi connectivity index (χ1n) is 6.20. The van der Waals surface area contributed by atoms with E-state index in [1.807, 2.05) is 0 Å². The Hall–Kier alpha value is -2.24. The molecule has 2 rings (SSSR count). The predicted octanol–water partition coefficient (Wildman–Crippen LogP) is 4.06. The number of nitrogen functional groups attached to an aromatic ring is 1. The first-order valence-corrected chi connectivity index (χ1v) is 6.20. The average Bonchev–Trinajstić information content (AvgIpc) is 2.40. The lowest BCUT2D eigenvalue weighted by atomic mass is 10.1. The number of hydrogen-bond acceptors (Lipinski definition) is 2. The molecule has 0 aliphatic rings. The van der Waals surface area contributed by atoms with Crippen molar-refractivity contribution in [2.75, 3.05) is 17.7 Å². The van der Waals surface area contributed by atoms with Crippen LogP contribution in [0.5, 0.6) is 0 Å². The smallest absolute Gasteiger partial charge is 0.398 e. The van der Waals surface area contributed by atoms with Crippen LogP contribution in [0.3, 0.4) is 0 Å². The van der Waals surface area contributed by atoms with Crippen LogP contribution in [-0.4, -0.2) is 7.05 Å². The third kappa shape index (κ3) is 3.45. The Morgan fingerprint density at radius 1 is 1.10 bits per heavy atom. The van der Waals surface area contributed by atoms with Gasteiger partial charge in [-0.2, -0.15) is 13.2 Å². The summed E-state index contributed by atoms with van der Waals surface area (Å²) in [4.78, 5) is 1.52. The molecule has 2 N–H and O–H groups in total. The number of hydrogen-bond donors (Lipinski definition) is 1. The fourth-order valence-electron chi connectivity index (χ4n) is 2.01. The van der Waals surface area contributed by atoms with Gasteiger partial charge in [0.05, 0.1) is 11.3 Å². The summed E-state index contributed by atoms with van der Waals surface area (Å²) in [6.07, 6.45) is -4.55. The number of benzene rings is 2. The molecule has 0 radical (unpaired) electrons. The van der Waals surface area contributed by atoms with Crippen LogP contribution in [0.1, 0.15) is 11.1 Å². The van der Waals surface area contributed by atoms with Crippen molar-refractivity contribution >= 4 is 11.4 Å². The van der Waals surface area contributed by atoms with Gasteiger partial charge in [-0.15, -0.1) is 0 Å². The number of rotatable bonds is 3. The van der Waals surface area contributed by atoms with Gasteiger partial charge in [0.25, 0.3) is 0 Å². The summed E-state index contributed by atoms with van der Waals surface area (Å²) in [7, 11) is 1.60. The zero-order valence-electron chi connectivity index (χ0n) is 11.3. The molecule has 0 heterocycles. The Morgan fingerprint density at radius 2 is 1.76 bits per heavy atom. The molecule has 0 spiro atoms. The van der Waals surface area contributed by atoms with Gasteiger partial charge in [-0.25, -0.2) is 4.39 Å². The van der Waals surface area contributed by atoms with E-state index in [0.717, 1.165) is 17.7 Å². The molecule has 2 aromatic carbocycles. The van der Waals surface area contributed by atoms with E-state index in [-0.39, 0.29) is 5.69 Å². The van der Waals surface area contributed by atoms with Crippen molar-refractivity contribution in [2.24, 2.45) is 0 Å². The van der Waals surface area contributed by atoms with Crippen LogP contribution in [0.2, 0.25) is 0 Å². The largest absolute Gasteiger partial charge is 0.416 e. The molecule has 2 aromatic rings. The van der Waals surface area contributed by atoms with Gasteiger partial charge in [0.15, 0.2) is 0 Å². The van der Waals surface area contributed by atoms with E-state index in [1.54, 1.807) is 31.3 Å². The van der Waals surface area contributed by atoms with Crippen molar-refractivity contribution in [1.29, 1.82) is 0 Å². The summed E-state index contributed by atoms with van der Waals surface area (Å²) in [6, 6.07) is 9.56. The van der Waals surface area contributed by atoms with Gasteiger partial charge in [-0.1, -0.05) is 18.2 Å². The molecule has 0 aromatic heterocycles. The van der Waals surface area contributed by atoms with Gasteiger partial charge in [-0.05, 0) is 29.8 Å². The average molecular weight is 298 g/mol. The Labute approximate surface area is 119 Å². The van der Waals surface area contributed by atoms with Gasteiger partial charge < -0.3 is 10.6 Å². The van der Waals surface area contributed by atoms with E-state index in [9.17, 15) is 17.6 Å². The van der Waals surface area contributed by atoms with Crippen molar-refractivity contribution in [3.05, 3.63) is 59.4 Å². The van der Waals surface area contributed by atoms with E-state index >= 15 is 0 Å². The summed E-state index contributed by atoms with van der Waals surface area (Å²) in [5.74, 6) is -0.915. The molecule has 0 atom stereocenters. The zero-order chi connectivity index (χ0) is 15.6. The second-order valence-electron chi connectivity index (χ2n) is 4.72. The van der Waals surface area contributed by atoms with Gasteiger partial charge in [0.1, 0.15) is 5.82 Å². The van der Waals surface area contributed by atoms with Crippen LogP contribution >= 0.6 is 0 Å². The van der Waals surface area contributed by atoms with Crippen molar-refractivity contribution < 1.29 is 17.6 Å². The lowest BCUT2D eigenvalue weighted by Crippen LogP contribution is -2.19. The van der Waals surface area contributed by atoms with Crippen molar-refractivity contribution in [3.8, 4) is 0 Å². The second kappa shape index (κ2) is 5.63. The molecule has 2 nitrogen and oxygen atoms in total. The molecule has 0 aliphatic carbocycles. The summed E-state index contributed by atoms with van der Waals surface area (Å²) in [5.41, 5.74) is 6.21. The molecule has 0 amide bonds. The van der Waals surface area contributed by atoms with Crippen molar-refractivity contribution in [3.63, 3.8) is 0 Å². The molecule has 0 saturated heterocycles. The fourth-order valence-corrected chi connectivity index (χ4v) is 2.01. The number of para-hydroxylation sites is 1. The Bertz CT molecular complexity index is 638. The first-order chi connectivity index (χ1) is 9.79. The van der Waals surface area contributed by atoms with Crippen LogP contribution < -0.4 is 10.6 Å². The molecule has 0 aliphatic heterocycles. The maximum Gasteiger partial charge on any atom is 0.416 e. The molecule has 0 unspecified atom stereocenters. The quantitative estimate of drug-likeness (QED) is 0.684. The van der Waals surface area contributed by atoms with E-state index in [4.69, 9.17) is 5.73 Å². The van der Waals surface area contributed by atoms with E-state index in [0.29, 0.717) is 18.3 Å². The maximum absolute atomic E-state index is 13.9. The number of alkyl halides is 3. The monoisotopic (exact) mass is 298 g/mol. The van der Waals surface area contributed by atoms with Gasteiger partial charge in [-0.3, -0.25) is 0 Å². The highest BCUT2D eigenvalue weighted by Gasteiger charge is 2.31. The van der Waals surface area contributed by atoms with Crippen LogP contribution in [0.4, 0.5) is 28.9 Å². The topological polar surface area (TPSA) is 29.3 Å². The molecule has 6 heteroatoms. The number of nitrogens with zero attached hydrogens (tertiary/aromatic N) is 1. The fraction of sp³-hybridized carbons (Fsp3) is 0.200. The lowest BCUT2D eigenvalue weighted by molar-refractivity contribution is -0.137. The molecule has 0 saturated carbocycles. The van der Waals surface area contributed by atoms with Crippen LogP contribution in [0.25, 0.3) is 0 Å². The molecule has 21 heavy (non-hydrogen) atoms. The Kier molecular flexibility index (Phi) is 4.06. The normalized spacial score (nSPS) is 11.5. The number of nitrogens with two attached hydrogens (primary N) is 1. The number of halogens is 4. The van der Waals surface area contributed by atoms with Crippen LogP contribution in [0, 0.1) is 5.82 Å². The highest BCUT2D eigenvalue weighted by atomic mass is 19.4. The Balaban J connectivity index is 2.24. The van der Waals surface area contributed by atoms with Gasteiger partial charge in [0, 0.05) is 19.3 Å². The minimum atomic E-state index is -4.55. The highest BCUT2D eigenvalue weighted by molar-refractivity contribution is 5.53. The SMILES string of the molecule is CN(Cc1ccccc1N)c1ccc(C(F)(F)F)cc1F. The zero-order valence-corrected chi connectivity index (χ0v) is 11.3. The van der Waals surface area contributed by atoms with E-state index in [2.05, 4.69) is 0 Å². The van der Waals surface area contributed by atoms with E-state index < -0.39 is 17.6 Å². The van der Waals surface area contributed by atoms with Crippen LogP contribution in [0.15, 0.2) is 42.5 Å². The third-order valence-electron chi connectivity index (χ3n) is 3.15. The summed E-state index contributed by atoms with van der Waals surface area (Å²) in [5, 5.41) is 0. The van der Waals surface area contributed by atoms with E-state index in [1.165, 1.54) is 4.90 Å². The first kappa shape index (κ1) is 15.2. The van der Waals surface area contributed by atoms with Gasteiger partial charge >= 0.3 is 6.18 Å². The minimum absolute atomic E-state index is 0.0891. The van der Waals surface area contributed by atoms with Crippen molar-refractivity contribution in [1.82, 2.24) is 0 Å². The Morgan fingerprint density at radius 3 is 2.33 bits per heavy atom. The van der Waals surface area contributed by atoms with Crippen LogP contribution in [-0.2, 0) is 12.7 Å². The summed E-state index contributed by atoms with van der Waals surface area (Å²) in [6.45, 7) is 0.301. The molecule has 0 fully saturated rings. The van der Waals surface area contributed by atoms with Crippen molar-refractivity contribution in [2.45, 2.75) is 12.7 Å². The number of anilines is 2. The minimum Gasteiger partial charge on any atom is -0.398 e. The standard InChI is InChI=1S/C15H14F4N2/c1-21(9-10-4-2-3-5-13(10)20)14-7-6-11(8-12(14)16)15(17,18)19/h2-8H,9,20H2,1H3. The second-order valence-corrected chi connectivity index (χ2v) is 4.72. The molecular weight excluding hydrogens is 284 g/mol. The third-order valence-corrected chi connectivity index (χ3v) is 3.15. The van der Waals surface area contributed by atoms with Gasteiger partial charge in [0.2, 0.25) is 0 Å². The lowest BCUT2D eigenvalue weighted by Gasteiger charge is -2.21. The maximum atomic E-state index is 13.9. The predicted molar refractivity (Wildman–Crippen MR) is 74.4 cm³/mol. The summed E-state index contributed by atoms with van der Waals surface area (Å²) >= 11 is 0. The molecule has 112 valence electrons. The molecular formula is C15H14F4N2.